The summed E-state index contributed by atoms with van der Waals surface area (Å²) in [7, 11) is 8.21. The molecule has 3 saturated heterocycles. The molecule has 20 nitrogen and oxygen atoms in total. The SMILES string of the molecule is CC[C@H]1OC(=O)[C@H](C)[C@@H](O[C@H]2C[C@@](C)(OC)[C@@H](O)[C@H](C)O2)[C@H](C)[C@@H](O[C@@H]2O[C@H](C)C[C@H](N(C)CCc3cn([C@H](CF)[C@H](OC)c4ccc(C(=O)NC)cc4)nn3)[C@H]2O)[C@](C)(O)C[C@@H](C)CN(C)[C@H](C)[C@@H](O)[C@]1(C)O. The Labute approximate surface area is 437 Å². The Morgan fingerprint density at radius 3 is 2.26 bits per heavy atom. The molecule has 1 aromatic carbocycles. The minimum Gasteiger partial charge on any atom is -0.459 e. The quantitative estimate of drug-likeness (QED) is 0.132. The smallest absolute Gasteiger partial charge is 0.311 e. The summed E-state index contributed by atoms with van der Waals surface area (Å²) in [4.78, 5) is 30.5. The summed E-state index contributed by atoms with van der Waals surface area (Å²) in [5.41, 5.74) is -2.92. The van der Waals surface area contributed by atoms with Crippen LogP contribution in [0.2, 0.25) is 0 Å². The summed E-state index contributed by atoms with van der Waals surface area (Å²) < 4.78 is 60.2. The molecule has 2 aromatic rings. The second kappa shape index (κ2) is 25.9. The molecular weight excluding hydrogens is 964 g/mol. The zero-order chi connectivity index (χ0) is 55.2. The highest BCUT2D eigenvalue weighted by molar-refractivity contribution is 5.93. The van der Waals surface area contributed by atoms with Crippen LogP contribution in [0.4, 0.5) is 4.39 Å². The van der Waals surface area contributed by atoms with Crippen molar-refractivity contribution in [3.05, 3.63) is 47.3 Å². The summed E-state index contributed by atoms with van der Waals surface area (Å²) in [6.07, 6.45) is -8.26. The van der Waals surface area contributed by atoms with Gasteiger partial charge < -0.3 is 73.8 Å². The predicted octanol–water partition coefficient (Wildman–Crippen LogP) is 3.36. The minimum absolute atomic E-state index is 0.0773. The normalized spacial score (nSPS) is 39.2. The third kappa shape index (κ3) is 14.1. The van der Waals surface area contributed by atoms with E-state index in [-0.39, 0.29) is 31.1 Å². The molecule has 0 unspecified atom stereocenters. The lowest BCUT2D eigenvalue weighted by molar-refractivity contribution is -0.318. The molecule has 1 amide bonds. The maximum atomic E-state index is 14.8. The van der Waals surface area contributed by atoms with E-state index in [1.54, 1.807) is 86.0 Å². The third-order valence-electron chi connectivity index (χ3n) is 16.2. The fraction of sp³-hybridized carbons (Fsp3) is 0.811. The first-order chi connectivity index (χ1) is 34.7. The van der Waals surface area contributed by atoms with Crippen molar-refractivity contribution < 1.29 is 72.7 Å². The number of esters is 1. The molecule has 1 aromatic heterocycles. The summed E-state index contributed by atoms with van der Waals surface area (Å²) >= 11 is 0. The average Bonchev–Trinajstić information content (AvgIpc) is 3.84. The summed E-state index contributed by atoms with van der Waals surface area (Å²) in [6, 6.07) is 4.79. The first kappa shape index (κ1) is 61.6. The van der Waals surface area contributed by atoms with Gasteiger partial charge in [0.2, 0.25) is 0 Å². The van der Waals surface area contributed by atoms with E-state index in [4.69, 9.17) is 33.2 Å². The molecule has 3 aliphatic rings. The van der Waals surface area contributed by atoms with Crippen LogP contribution in [0.1, 0.15) is 129 Å². The molecule has 20 atom stereocenters. The number of amides is 1. The zero-order valence-corrected chi connectivity index (χ0v) is 46.4. The molecule has 0 saturated carbocycles. The molecule has 0 spiro atoms. The fourth-order valence-electron chi connectivity index (χ4n) is 11.5. The number of benzene rings is 1. The molecule has 74 heavy (non-hydrogen) atoms. The third-order valence-corrected chi connectivity index (χ3v) is 16.2. The topological polar surface area (TPSA) is 249 Å². The predicted molar refractivity (Wildman–Crippen MR) is 271 cm³/mol. The molecule has 4 heterocycles. The number of nitrogens with zero attached hydrogens (tertiary/aromatic N) is 5. The summed E-state index contributed by atoms with van der Waals surface area (Å²) in [6.45, 7) is 17.3. The molecular formula is C53H89FN6O14. The molecule has 21 heteroatoms. The van der Waals surface area contributed by atoms with Gasteiger partial charge in [-0.05, 0) is 105 Å². The van der Waals surface area contributed by atoms with Gasteiger partial charge in [-0.2, -0.15) is 0 Å². The molecule has 0 bridgehead atoms. The van der Waals surface area contributed by atoms with E-state index in [0.717, 1.165) is 0 Å². The van der Waals surface area contributed by atoms with Crippen LogP contribution >= 0.6 is 0 Å². The number of ether oxygens (including phenoxy) is 7. The average molecular weight is 1050 g/mol. The van der Waals surface area contributed by atoms with Crippen molar-refractivity contribution in [2.45, 2.75) is 204 Å². The maximum Gasteiger partial charge on any atom is 0.311 e. The van der Waals surface area contributed by atoms with Gasteiger partial charge in [-0.15, -0.1) is 5.10 Å². The summed E-state index contributed by atoms with van der Waals surface area (Å²) in [5.74, 6) is -3.15. The van der Waals surface area contributed by atoms with Crippen molar-refractivity contribution in [1.82, 2.24) is 30.1 Å². The van der Waals surface area contributed by atoms with Crippen molar-refractivity contribution >= 4 is 11.9 Å². The fourth-order valence-corrected chi connectivity index (χ4v) is 11.5. The molecule has 3 aliphatic heterocycles. The van der Waals surface area contributed by atoms with Crippen molar-refractivity contribution in [2.75, 3.05) is 55.1 Å². The molecule has 6 N–H and O–H groups in total. The number of carbonyl (C=O) groups excluding carboxylic acids is 2. The second-order valence-electron chi connectivity index (χ2n) is 22.2. The van der Waals surface area contributed by atoms with E-state index < -0.39 is 127 Å². The number of rotatable bonds is 16. The Morgan fingerprint density at radius 2 is 1.66 bits per heavy atom. The van der Waals surface area contributed by atoms with Crippen molar-refractivity contribution in [2.24, 2.45) is 17.8 Å². The van der Waals surface area contributed by atoms with Gasteiger partial charge in [0.1, 0.15) is 48.8 Å². The van der Waals surface area contributed by atoms with Crippen LogP contribution in [0.15, 0.2) is 30.5 Å². The molecule has 0 aliphatic carbocycles. The summed E-state index contributed by atoms with van der Waals surface area (Å²) in [5, 5.41) is 71.0. The number of alkyl halides is 1. The highest BCUT2D eigenvalue weighted by Crippen LogP contribution is 2.41. The van der Waals surface area contributed by atoms with E-state index >= 15 is 0 Å². The zero-order valence-electron chi connectivity index (χ0n) is 46.4. The van der Waals surface area contributed by atoms with E-state index in [1.165, 1.54) is 25.8 Å². The second-order valence-corrected chi connectivity index (χ2v) is 22.2. The van der Waals surface area contributed by atoms with Crippen LogP contribution in [0.25, 0.3) is 0 Å². The van der Waals surface area contributed by atoms with Crippen molar-refractivity contribution in [3.8, 4) is 0 Å². The van der Waals surface area contributed by atoms with E-state index in [0.29, 0.717) is 42.8 Å². The number of aliphatic hydroxyl groups is 5. The van der Waals surface area contributed by atoms with Gasteiger partial charge in [-0.1, -0.05) is 38.1 Å². The lowest BCUT2D eigenvalue weighted by Crippen LogP contribution is -2.61. The van der Waals surface area contributed by atoms with Crippen LogP contribution in [0, 0.1) is 17.8 Å². The van der Waals surface area contributed by atoms with Crippen molar-refractivity contribution in [3.63, 3.8) is 0 Å². The Morgan fingerprint density at radius 1 is 1.00 bits per heavy atom. The lowest BCUT2D eigenvalue weighted by atomic mass is 9.77. The molecule has 5 rings (SSSR count). The van der Waals surface area contributed by atoms with Crippen LogP contribution in [-0.2, 0) is 44.4 Å². The number of hydrogen-bond donors (Lipinski definition) is 6. The Hall–Kier alpha value is -3.29. The number of likely N-dealkylation sites (N-methyl/N-ethyl adjacent to an activating group) is 2. The number of halogens is 1. The number of aliphatic hydroxyl groups excluding tert-OH is 3. The number of hydrogen-bond acceptors (Lipinski definition) is 18. The number of cyclic esters (lactones) is 1. The Kier molecular flexibility index (Phi) is 21.6. The van der Waals surface area contributed by atoms with Crippen LogP contribution in [0.5, 0.6) is 0 Å². The Bertz CT molecular complexity index is 2090. The van der Waals surface area contributed by atoms with E-state index in [1.807, 2.05) is 37.7 Å². The Balaban J connectivity index is 1.44. The lowest BCUT2D eigenvalue weighted by Gasteiger charge is -2.49. The molecule has 422 valence electrons. The van der Waals surface area contributed by atoms with Crippen molar-refractivity contribution in [1.29, 1.82) is 0 Å². The standard InChI is InChI=1S/C53H89FN6O14/c1-16-40-53(10,67)45(62)33(6)59(13)27-29(2)24-51(8,66)47(31(4)43(32(5)49(65)72-40)73-41-25-52(9,69-15)46(63)34(7)71-41)74-50-42(61)38(23-30(3)70-50)58(12)22-21-37-28-60(57-56-37)39(26-54)44(68-14)35-17-19-36(20-18-35)48(64)55-11/h17-20,28-34,38-47,50,61-63,66-67H,16,21-27H2,1-15H3,(H,55,64)/t29-,30-,31+,32-,33-,34+,38+,39-,40-,41+,42-,43+,44-,45-,46+,47-,50+,51-,52-,53-/m1/s1. The van der Waals surface area contributed by atoms with Crippen LogP contribution in [0.3, 0.4) is 0 Å². The van der Waals surface area contributed by atoms with E-state index in [2.05, 4.69) is 15.6 Å². The van der Waals surface area contributed by atoms with Crippen LogP contribution in [-0.4, -0.2) is 208 Å². The minimum atomic E-state index is -1.86. The van der Waals surface area contributed by atoms with Gasteiger partial charge in [0.25, 0.3) is 5.91 Å². The number of methoxy groups -OCH3 is 2. The van der Waals surface area contributed by atoms with Gasteiger partial charge in [-0.3, -0.25) is 9.59 Å². The van der Waals surface area contributed by atoms with Gasteiger partial charge in [0.15, 0.2) is 12.6 Å². The number of nitrogens with one attached hydrogen (secondary N) is 1. The monoisotopic (exact) mass is 1050 g/mol. The van der Waals surface area contributed by atoms with Gasteiger partial charge in [0.05, 0.1) is 47.2 Å². The number of aromatic nitrogens is 3. The first-order valence-corrected chi connectivity index (χ1v) is 26.3. The maximum absolute atomic E-state index is 14.8. The van der Waals surface area contributed by atoms with Gasteiger partial charge in [-0.25, -0.2) is 9.07 Å². The van der Waals surface area contributed by atoms with Gasteiger partial charge >= 0.3 is 5.97 Å². The molecule has 3 fully saturated rings. The first-order valence-electron chi connectivity index (χ1n) is 26.3. The van der Waals surface area contributed by atoms with E-state index in [9.17, 15) is 39.5 Å². The molecule has 0 radical (unpaired) electrons. The largest absolute Gasteiger partial charge is 0.459 e. The van der Waals surface area contributed by atoms with Gasteiger partial charge in [0, 0.05) is 77.0 Å². The number of carbonyl (C=O) groups is 2. The van der Waals surface area contributed by atoms with Crippen LogP contribution < -0.4 is 5.32 Å². The highest BCUT2D eigenvalue weighted by Gasteiger charge is 2.53. The highest BCUT2D eigenvalue weighted by atomic mass is 19.1.